The van der Waals surface area contributed by atoms with Crippen LogP contribution in [-0.4, -0.2) is 44.6 Å². The molecule has 1 atom stereocenters. The number of rotatable bonds is 8. The molecule has 0 saturated heterocycles. The van der Waals surface area contributed by atoms with Crippen molar-refractivity contribution in [3.05, 3.63) is 58.1 Å². The van der Waals surface area contributed by atoms with Crippen LogP contribution in [0.5, 0.6) is 0 Å². The molecule has 0 spiro atoms. The maximum Gasteiger partial charge on any atom is 0.227 e. The molecule has 7 heteroatoms. The van der Waals surface area contributed by atoms with E-state index < -0.39 is 0 Å². The lowest BCUT2D eigenvalue weighted by Gasteiger charge is -2.24. The van der Waals surface area contributed by atoms with Crippen LogP contribution in [0.15, 0.2) is 42.5 Å². The second kappa shape index (κ2) is 11.2. The Morgan fingerprint density at radius 1 is 1.04 bits per heavy atom. The molecule has 2 aromatic carbocycles. The number of hydrogen-bond donors (Lipinski definition) is 2. The predicted octanol–water partition coefficient (Wildman–Crippen LogP) is 2.06. The van der Waals surface area contributed by atoms with E-state index in [0.717, 1.165) is 28.7 Å². The van der Waals surface area contributed by atoms with E-state index in [-0.39, 0.29) is 35.8 Å². The molecule has 28 heavy (non-hydrogen) atoms. The van der Waals surface area contributed by atoms with Crippen molar-refractivity contribution in [1.29, 1.82) is 0 Å². The first-order chi connectivity index (χ1) is 12.7. The van der Waals surface area contributed by atoms with Gasteiger partial charge in [-0.1, -0.05) is 47.5 Å². The Balaban J connectivity index is 0.00000392. The second-order valence-corrected chi connectivity index (χ2v) is 8.50. The van der Waals surface area contributed by atoms with E-state index in [1.54, 1.807) is 18.2 Å². The number of hydrogen-bond acceptors (Lipinski definition) is 2. The zero-order valence-electron chi connectivity index (χ0n) is 16.7. The van der Waals surface area contributed by atoms with Gasteiger partial charge < -0.3 is 39.1 Å². The molecule has 0 fully saturated rings. The fourth-order valence-corrected chi connectivity index (χ4v) is 3.29. The van der Waals surface area contributed by atoms with Gasteiger partial charge in [0.15, 0.2) is 0 Å². The molecule has 0 bridgehead atoms. The normalized spacial score (nSPS) is 12.1. The lowest BCUT2D eigenvalue weighted by atomic mass is 9.98. The number of nitrogens with one attached hydrogen (secondary N) is 2. The first-order valence-electron chi connectivity index (χ1n) is 9.07. The van der Waals surface area contributed by atoms with Crippen molar-refractivity contribution in [2.24, 2.45) is 0 Å². The topological polar surface area (TPSA) is 41.1 Å². The van der Waals surface area contributed by atoms with E-state index in [0.29, 0.717) is 22.3 Å². The minimum atomic E-state index is -0.293. The number of carbonyl (C=O) groups excluding carboxylic acids is 1. The number of halogens is 3. The molecule has 4 nitrogen and oxygen atoms in total. The smallest absolute Gasteiger partial charge is 0.227 e. The Kier molecular flexibility index (Phi) is 10.0. The molecule has 0 unspecified atom stereocenters. The molecule has 0 aliphatic carbocycles. The van der Waals surface area contributed by atoms with Crippen molar-refractivity contribution in [3.8, 4) is 0 Å². The van der Waals surface area contributed by atoms with Crippen LogP contribution in [0.25, 0.3) is 0 Å². The molecule has 0 radical (unpaired) electrons. The summed E-state index contributed by atoms with van der Waals surface area (Å²) in [6.45, 7) is 3.59. The number of carbonyl (C=O) groups is 1. The highest BCUT2D eigenvalue weighted by Gasteiger charge is 2.19. The summed E-state index contributed by atoms with van der Waals surface area (Å²) in [6.07, 6.45) is 0.942. The van der Waals surface area contributed by atoms with Crippen LogP contribution in [0.3, 0.4) is 0 Å². The third-order valence-corrected chi connectivity index (χ3v) is 4.98. The van der Waals surface area contributed by atoms with Crippen LogP contribution < -0.4 is 34.6 Å². The first-order valence-corrected chi connectivity index (χ1v) is 9.83. The number of benzene rings is 2. The monoisotopic (exact) mass is 535 g/mol. The van der Waals surface area contributed by atoms with Crippen molar-refractivity contribution < 1.29 is 33.3 Å². The van der Waals surface area contributed by atoms with Gasteiger partial charge in [-0.3, -0.25) is 4.79 Å². The van der Waals surface area contributed by atoms with Crippen LogP contribution in [-0.2, 0) is 4.79 Å². The van der Waals surface area contributed by atoms with Crippen LogP contribution in [0.4, 0.5) is 11.4 Å². The average molecular weight is 536 g/mol. The highest BCUT2D eigenvalue weighted by Crippen LogP contribution is 2.35. The lowest BCUT2D eigenvalue weighted by molar-refractivity contribution is -0.870. The summed E-state index contributed by atoms with van der Waals surface area (Å²) < 4.78 is 0.886. The van der Waals surface area contributed by atoms with Gasteiger partial charge in [-0.2, -0.15) is 0 Å². The van der Waals surface area contributed by atoms with E-state index in [9.17, 15) is 4.79 Å². The second-order valence-electron chi connectivity index (χ2n) is 7.69. The van der Waals surface area contributed by atoms with E-state index in [2.05, 4.69) is 31.8 Å². The lowest BCUT2D eigenvalue weighted by Crippen LogP contribution is -3.00. The molecular formula is C21H28Cl2IN3O. The van der Waals surface area contributed by atoms with Gasteiger partial charge in [-0.05, 0) is 30.7 Å². The maximum atomic E-state index is 12.6. The van der Waals surface area contributed by atoms with Crippen LogP contribution in [0.2, 0.25) is 10.0 Å². The zero-order valence-corrected chi connectivity index (χ0v) is 20.4. The standard InChI is InChI=1S/C21H27Cl2N3O.HI/c1-15(21(27)24-13-8-14-26(2,3)4)16-9-5-6-12-19(16)25-20-17(22)10-7-11-18(20)23;/h5-7,9-12,15,25H,8,13-14H2,1-4H3;1H/t15-;/m1./s1. The highest BCUT2D eigenvalue weighted by molar-refractivity contribution is 6.39. The Morgan fingerprint density at radius 2 is 1.64 bits per heavy atom. The Morgan fingerprint density at radius 3 is 2.25 bits per heavy atom. The molecule has 2 rings (SSSR count). The van der Waals surface area contributed by atoms with Crippen molar-refractivity contribution in [2.75, 3.05) is 39.5 Å². The summed E-state index contributed by atoms with van der Waals surface area (Å²) in [4.78, 5) is 12.6. The first kappa shape index (κ1) is 25.0. The van der Waals surface area contributed by atoms with Gasteiger partial charge in [0.05, 0.1) is 49.3 Å². The van der Waals surface area contributed by atoms with Gasteiger partial charge in [0.1, 0.15) is 0 Å². The SMILES string of the molecule is C[C@@H](C(=O)NCCC[N+](C)(C)C)c1ccccc1Nc1c(Cl)cccc1Cl.[I-]. The number of anilines is 2. The fraction of sp³-hybridized carbons (Fsp3) is 0.381. The third-order valence-electron chi connectivity index (χ3n) is 4.35. The zero-order chi connectivity index (χ0) is 20.0. The van der Waals surface area contributed by atoms with E-state index in [4.69, 9.17) is 23.2 Å². The quantitative estimate of drug-likeness (QED) is 0.309. The molecule has 2 N–H and O–H groups in total. The predicted molar refractivity (Wildman–Crippen MR) is 115 cm³/mol. The molecule has 0 heterocycles. The van der Waals surface area contributed by atoms with E-state index in [1.165, 1.54) is 0 Å². The van der Waals surface area contributed by atoms with Gasteiger partial charge in [0, 0.05) is 18.7 Å². The summed E-state index contributed by atoms with van der Waals surface area (Å²) in [5.74, 6) is -0.282. The maximum absolute atomic E-state index is 12.6. The van der Waals surface area contributed by atoms with Crippen molar-refractivity contribution >= 4 is 40.5 Å². The van der Waals surface area contributed by atoms with Gasteiger partial charge in [0.25, 0.3) is 0 Å². The molecule has 0 saturated carbocycles. The number of nitrogens with zero attached hydrogens (tertiary/aromatic N) is 1. The molecule has 1 amide bonds. The summed E-state index contributed by atoms with van der Waals surface area (Å²) in [6, 6.07) is 13.1. The Labute approximate surface area is 195 Å². The third kappa shape index (κ3) is 7.43. The van der Waals surface area contributed by atoms with Gasteiger partial charge >= 0.3 is 0 Å². The minimum absolute atomic E-state index is 0. The fourth-order valence-electron chi connectivity index (χ4n) is 2.80. The van der Waals surface area contributed by atoms with Crippen molar-refractivity contribution in [2.45, 2.75) is 19.3 Å². The number of quaternary nitrogens is 1. The molecule has 154 valence electrons. The van der Waals surface area contributed by atoms with Gasteiger partial charge in [0.2, 0.25) is 5.91 Å². The highest BCUT2D eigenvalue weighted by atomic mass is 127. The van der Waals surface area contributed by atoms with Gasteiger partial charge in [-0.15, -0.1) is 0 Å². The van der Waals surface area contributed by atoms with Crippen molar-refractivity contribution in [1.82, 2.24) is 5.32 Å². The van der Waals surface area contributed by atoms with Crippen LogP contribution >= 0.6 is 23.2 Å². The molecular weight excluding hydrogens is 508 g/mol. The number of para-hydroxylation sites is 2. The summed E-state index contributed by atoms with van der Waals surface area (Å²) in [5.41, 5.74) is 2.36. The Hall–Kier alpha value is -1.02. The van der Waals surface area contributed by atoms with Gasteiger partial charge in [-0.25, -0.2) is 0 Å². The minimum Gasteiger partial charge on any atom is -1.00 e. The Bertz CT molecular complexity index is 773. The average Bonchev–Trinajstić information content (AvgIpc) is 2.61. The van der Waals surface area contributed by atoms with Crippen LogP contribution in [0, 0.1) is 0 Å². The van der Waals surface area contributed by atoms with Crippen molar-refractivity contribution in [3.63, 3.8) is 0 Å². The molecule has 0 aliphatic heterocycles. The molecule has 0 aliphatic rings. The molecule has 2 aromatic rings. The molecule has 0 aromatic heterocycles. The largest absolute Gasteiger partial charge is 1.00 e. The van der Waals surface area contributed by atoms with E-state index in [1.807, 2.05) is 31.2 Å². The summed E-state index contributed by atoms with van der Waals surface area (Å²) >= 11 is 12.5. The number of amides is 1. The summed E-state index contributed by atoms with van der Waals surface area (Å²) in [7, 11) is 6.44. The summed E-state index contributed by atoms with van der Waals surface area (Å²) in [5, 5.41) is 7.40. The van der Waals surface area contributed by atoms with Crippen LogP contribution in [0.1, 0.15) is 24.8 Å². The van der Waals surface area contributed by atoms with E-state index >= 15 is 0 Å².